The van der Waals surface area contributed by atoms with Crippen LogP contribution in [0.3, 0.4) is 0 Å². The van der Waals surface area contributed by atoms with E-state index in [1.807, 2.05) is 12.1 Å². The number of halogens is 2. The van der Waals surface area contributed by atoms with Crippen molar-refractivity contribution in [1.82, 2.24) is 9.21 Å². The number of furan rings is 1. The molecule has 0 bridgehead atoms. The normalized spacial score (nSPS) is 15.6. The van der Waals surface area contributed by atoms with Crippen LogP contribution in [0.25, 0.3) is 11.3 Å². The second-order valence-corrected chi connectivity index (χ2v) is 9.49. The molecule has 2 heterocycles. The number of sulfonamides is 1. The van der Waals surface area contributed by atoms with Gasteiger partial charge < -0.3 is 9.32 Å². The third kappa shape index (κ3) is 4.51. The summed E-state index contributed by atoms with van der Waals surface area (Å²) < 4.78 is 45.9. The van der Waals surface area contributed by atoms with Gasteiger partial charge in [-0.05, 0) is 55.0 Å². The maximum absolute atomic E-state index is 13.1. The molecule has 0 aliphatic carbocycles. The van der Waals surface area contributed by atoms with E-state index in [1.54, 1.807) is 29.2 Å². The first-order chi connectivity index (χ1) is 14.9. The van der Waals surface area contributed by atoms with Crippen LogP contribution in [0.1, 0.15) is 17.0 Å². The Kier molecular flexibility index (Phi) is 6.13. The summed E-state index contributed by atoms with van der Waals surface area (Å²) in [5, 5.41) is 0.521. The van der Waals surface area contributed by atoms with E-state index in [2.05, 4.69) is 0 Å². The molecule has 3 aromatic rings. The average Bonchev–Trinajstić information content (AvgIpc) is 3.10. The van der Waals surface area contributed by atoms with Crippen LogP contribution in [0.2, 0.25) is 5.02 Å². The fraction of sp³-hybridized carbons (Fsp3) is 0.227. The molecule has 2 aromatic carbocycles. The lowest BCUT2D eigenvalue weighted by Gasteiger charge is -2.21. The van der Waals surface area contributed by atoms with Gasteiger partial charge >= 0.3 is 0 Å². The lowest BCUT2D eigenvalue weighted by atomic mass is 10.2. The molecule has 1 aliphatic rings. The lowest BCUT2D eigenvalue weighted by molar-refractivity contribution is 0.0733. The first-order valence-electron chi connectivity index (χ1n) is 9.76. The van der Waals surface area contributed by atoms with E-state index in [4.69, 9.17) is 16.0 Å². The van der Waals surface area contributed by atoms with E-state index in [9.17, 15) is 17.6 Å². The molecule has 0 saturated carbocycles. The smallest absolute Gasteiger partial charge is 0.289 e. The van der Waals surface area contributed by atoms with E-state index in [0.717, 1.165) is 12.1 Å². The van der Waals surface area contributed by atoms with Gasteiger partial charge in [0.05, 0.1) is 9.92 Å². The van der Waals surface area contributed by atoms with Gasteiger partial charge in [-0.2, -0.15) is 4.31 Å². The molecule has 162 valence electrons. The summed E-state index contributed by atoms with van der Waals surface area (Å²) in [5.41, 5.74) is 0.690. The number of hydrogen-bond donors (Lipinski definition) is 0. The van der Waals surface area contributed by atoms with E-state index in [-0.39, 0.29) is 36.2 Å². The Bertz CT molecular complexity index is 1190. The highest BCUT2D eigenvalue weighted by Crippen LogP contribution is 2.29. The van der Waals surface area contributed by atoms with E-state index >= 15 is 0 Å². The van der Waals surface area contributed by atoms with Gasteiger partial charge in [0.2, 0.25) is 10.0 Å². The van der Waals surface area contributed by atoms with Crippen LogP contribution in [0.5, 0.6) is 0 Å². The van der Waals surface area contributed by atoms with Crippen molar-refractivity contribution in [3.05, 3.63) is 77.3 Å². The summed E-state index contributed by atoms with van der Waals surface area (Å²) in [6.45, 7) is 1.04. The molecular formula is C22H20ClFN2O4S. The highest BCUT2D eigenvalue weighted by Gasteiger charge is 2.29. The van der Waals surface area contributed by atoms with Crippen molar-refractivity contribution >= 4 is 27.5 Å². The lowest BCUT2D eigenvalue weighted by Crippen LogP contribution is -2.37. The summed E-state index contributed by atoms with van der Waals surface area (Å²) in [4.78, 5) is 14.5. The van der Waals surface area contributed by atoms with Gasteiger partial charge in [-0.25, -0.2) is 12.8 Å². The zero-order valence-electron chi connectivity index (χ0n) is 16.5. The number of rotatable bonds is 4. The monoisotopic (exact) mass is 462 g/mol. The number of hydrogen-bond acceptors (Lipinski definition) is 4. The van der Waals surface area contributed by atoms with Gasteiger partial charge in [0, 0.05) is 31.7 Å². The standard InChI is InChI=1S/C22H20ClFN2O4S/c23-19-5-2-1-4-18(19)20-10-11-21(30-20)22(27)25-12-3-13-26(15-14-25)31(28,29)17-8-6-16(24)7-9-17/h1-2,4-11H,3,12-15H2. The Morgan fingerprint density at radius 3 is 2.42 bits per heavy atom. The molecule has 9 heteroatoms. The Labute approximate surface area is 184 Å². The predicted octanol–water partition coefficient (Wildman–Crippen LogP) is 4.28. The Hall–Kier alpha value is -2.68. The van der Waals surface area contributed by atoms with Crippen molar-refractivity contribution < 1.29 is 22.0 Å². The quantitative estimate of drug-likeness (QED) is 0.580. The SMILES string of the molecule is O=C(c1ccc(-c2ccccc2Cl)o1)N1CCCN(S(=O)(=O)c2ccc(F)cc2)CC1. The van der Waals surface area contributed by atoms with Gasteiger partial charge in [0.25, 0.3) is 5.91 Å². The second kappa shape index (κ2) is 8.82. The molecule has 0 N–H and O–H groups in total. The van der Waals surface area contributed by atoms with Crippen molar-refractivity contribution in [1.29, 1.82) is 0 Å². The van der Waals surface area contributed by atoms with Crippen LogP contribution in [0.4, 0.5) is 4.39 Å². The fourth-order valence-electron chi connectivity index (χ4n) is 3.51. The van der Waals surface area contributed by atoms with E-state index in [0.29, 0.717) is 29.3 Å². The van der Waals surface area contributed by atoms with Crippen LogP contribution in [0, 0.1) is 5.82 Å². The summed E-state index contributed by atoms with van der Waals surface area (Å²) in [5.74, 6) is -0.144. The molecule has 1 fully saturated rings. The minimum absolute atomic E-state index is 0.0316. The zero-order chi connectivity index (χ0) is 22.0. The molecule has 1 amide bonds. The van der Waals surface area contributed by atoms with Crippen molar-refractivity contribution in [3.8, 4) is 11.3 Å². The molecule has 1 aliphatic heterocycles. The topological polar surface area (TPSA) is 70.8 Å². The van der Waals surface area contributed by atoms with Gasteiger partial charge in [0.15, 0.2) is 5.76 Å². The van der Waals surface area contributed by atoms with Gasteiger partial charge in [-0.1, -0.05) is 23.7 Å². The molecule has 31 heavy (non-hydrogen) atoms. The molecule has 0 radical (unpaired) electrons. The van der Waals surface area contributed by atoms with Crippen LogP contribution in [-0.4, -0.2) is 49.7 Å². The largest absolute Gasteiger partial charge is 0.451 e. The second-order valence-electron chi connectivity index (χ2n) is 7.15. The highest BCUT2D eigenvalue weighted by molar-refractivity contribution is 7.89. The highest BCUT2D eigenvalue weighted by atomic mass is 35.5. The summed E-state index contributed by atoms with van der Waals surface area (Å²) in [6.07, 6.45) is 0.476. The minimum atomic E-state index is -3.76. The van der Waals surface area contributed by atoms with Gasteiger partial charge in [-0.15, -0.1) is 0 Å². The van der Waals surface area contributed by atoms with Crippen molar-refractivity contribution in [2.75, 3.05) is 26.2 Å². The van der Waals surface area contributed by atoms with Crippen LogP contribution in [0.15, 0.2) is 70.0 Å². The van der Waals surface area contributed by atoms with Crippen molar-refractivity contribution in [3.63, 3.8) is 0 Å². The number of nitrogens with zero attached hydrogens (tertiary/aromatic N) is 2. The number of benzene rings is 2. The average molecular weight is 463 g/mol. The molecule has 0 unspecified atom stereocenters. The Morgan fingerprint density at radius 1 is 0.935 bits per heavy atom. The fourth-order valence-corrected chi connectivity index (χ4v) is 5.21. The minimum Gasteiger partial charge on any atom is -0.451 e. The van der Waals surface area contributed by atoms with Crippen LogP contribution >= 0.6 is 11.6 Å². The predicted molar refractivity (Wildman–Crippen MR) is 115 cm³/mol. The third-order valence-electron chi connectivity index (χ3n) is 5.15. The maximum Gasteiger partial charge on any atom is 0.289 e. The number of carbonyl (C=O) groups excluding carboxylic acids is 1. The first kappa shape index (κ1) is 21.5. The first-order valence-corrected chi connectivity index (χ1v) is 11.6. The zero-order valence-corrected chi connectivity index (χ0v) is 18.1. The van der Waals surface area contributed by atoms with Crippen molar-refractivity contribution in [2.45, 2.75) is 11.3 Å². The van der Waals surface area contributed by atoms with E-state index < -0.39 is 15.8 Å². The molecular weight excluding hydrogens is 443 g/mol. The third-order valence-corrected chi connectivity index (χ3v) is 7.39. The molecule has 6 nitrogen and oxygen atoms in total. The molecule has 0 atom stereocenters. The molecule has 0 spiro atoms. The summed E-state index contributed by atoms with van der Waals surface area (Å²) in [7, 11) is -3.76. The number of carbonyl (C=O) groups is 1. The van der Waals surface area contributed by atoms with Crippen LogP contribution in [-0.2, 0) is 10.0 Å². The Morgan fingerprint density at radius 2 is 1.68 bits per heavy atom. The van der Waals surface area contributed by atoms with E-state index in [1.165, 1.54) is 16.4 Å². The number of amides is 1. The molecule has 1 aromatic heterocycles. The van der Waals surface area contributed by atoms with Crippen LogP contribution < -0.4 is 0 Å². The maximum atomic E-state index is 13.1. The van der Waals surface area contributed by atoms with Gasteiger partial charge in [0.1, 0.15) is 11.6 Å². The summed E-state index contributed by atoms with van der Waals surface area (Å²) >= 11 is 6.20. The molecule has 4 rings (SSSR count). The van der Waals surface area contributed by atoms with Gasteiger partial charge in [-0.3, -0.25) is 4.79 Å². The molecule has 1 saturated heterocycles. The van der Waals surface area contributed by atoms with Crippen molar-refractivity contribution in [2.24, 2.45) is 0 Å². The Balaban J connectivity index is 1.47. The summed E-state index contributed by atoms with van der Waals surface area (Å²) in [6, 6.07) is 15.2.